The van der Waals surface area contributed by atoms with Gasteiger partial charge in [-0.05, 0) is 12.8 Å². The van der Waals surface area contributed by atoms with Crippen LogP contribution in [0.15, 0.2) is 30.3 Å². The fraction of sp³-hybridized carbons (Fsp3) is 0.615. The van der Waals surface area contributed by atoms with Gasteiger partial charge in [-0.1, -0.05) is 95.0 Å². The smallest absolute Gasteiger partial charge is 0.306 e. The van der Waals surface area contributed by atoms with Crippen LogP contribution in [-0.4, -0.2) is 18.4 Å². The first-order valence-corrected chi connectivity index (χ1v) is 11.4. The first-order chi connectivity index (χ1) is 14.2. The van der Waals surface area contributed by atoms with Crippen molar-refractivity contribution < 1.29 is 14.3 Å². The lowest BCUT2D eigenvalue weighted by Gasteiger charge is -2.03. The van der Waals surface area contributed by atoms with Crippen molar-refractivity contribution in [2.45, 2.75) is 96.8 Å². The van der Waals surface area contributed by atoms with Crippen molar-refractivity contribution in [3.05, 3.63) is 35.9 Å². The number of unbranched alkanes of at least 4 members (excludes halogenated alkanes) is 11. The summed E-state index contributed by atoms with van der Waals surface area (Å²) in [5, 5.41) is 0. The number of esters is 1. The van der Waals surface area contributed by atoms with Crippen molar-refractivity contribution in [2.75, 3.05) is 6.61 Å². The molecule has 0 bridgehead atoms. The van der Waals surface area contributed by atoms with Crippen molar-refractivity contribution in [3.8, 4) is 11.8 Å². The molecule has 0 unspecified atom stereocenters. The predicted octanol–water partition coefficient (Wildman–Crippen LogP) is 6.90. The number of hydrogen-bond donors (Lipinski definition) is 0. The van der Waals surface area contributed by atoms with E-state index in [0.717, 1.165) is 6.42 Å². The third-order valence-corrected chi connectivity index (χ3v) is 4.92. The zero-order valence-corrected chi connectivity index (χ0v) is 18.2. The fourth-order valence-corrected chi connectivity index (χ4v) is 3.12. The van der Waals surface area contributed by atoms with E-state index in [1.54, 1.807) is 24.3 Å². The molecular formula is C26H38O3. The lowest BCUT2D eigenvalue weighted by Crippen LogP contribution is -2.13. The monoisotopic (exact) mass is 398 g/mol. The summed E-state index contributed by atoms with van der Waals surface area (Å²) in [5.41, 5.74) is 0.568. The maximum absolute atomic E-state index is 11.9. The molecule has 0 saturated heterocycles. The largest absolute Gasteiger partial charge is 0.457 e. The third kappa shape index (κ3) is 14.6. The van der Waals surface area contributed by atoms with Gasteiger partial charge in [0.05, 0.1) is 0 Å². The van der Waals surface area contributed by atoms with Crippen molar-refractivity contribution >= 4 is 11.8 Å². The molecule has 3 heteroatoms. The standard InChI is InChI=1S/C26H38O3/c1-2-3-4-5-6-7-8-9-10-11-12-13-14-15-19-22-26(28)29-23-25(27)24-20-17-16-18-21-24/h16-18,20-21H,2-12,15,19,22-23H2,1H3. The maximum Gasteiger partial charge on any atom is 0.306 e. The minimum atomic E-state index is -0.328. The predicted molar refractivity (Wildman–Crippen MR) is 120 cm³/mol. The zero-order valence-electron chi connectivity index (χ0n) is 18.2. The third-order valence-electron chi connectivity index (χ3n) is 4.92. The van der Waals surface area contributed by atoms with Crippen LogP contribution in [0, 0.1) is 11.8 Å². The van der Waals surface area contributed by atoms with Gasteiger partial charge in [-0.2, -0.15) is 0 Å². The molecule has 1 rings (SSSR count). The summed E-state index contributed by atoms with van der Waals surface area (Å²) in [6.45, 7) is 2.07. The number of carbonyl (C=O) groups is 2. The molecule has 0 amide bonds. The summed E-state index contributed by atoms with van der Waals surface area (Å²) in [4.78, 5) is 23.6. The van der Waals surface area contributed by atoms with Crippen LogP contribution in [0.4, 0.5) is 0 Å². The van der Waals surface area contributed by atoms with Gasteiger partial charge in [0, 0.05) is 24.8 Å². The Hall–Kier alpha value is -2.08. The van der Waals surface area contributed by atoms with Gasteiger partial charge in [-0.25, -0.2) is 0 Å². The number of rotatable bonds is 16. The maximum atomic E-state index is 11.9. The first kappa shape index (κ1) is 25.0. The van der Waals surface area contributed by atoms with Crippen LogP contribution in [0.25, 0.3) is 0 Å². The van der Waals surface area contributed by atoms with Crippen LogP contribution in [0.1, 0.15) is 107 Å². The van der Waals surface area contributed by atoms with Gasteiger partial charge in [-0.3, -0.25) is 9.59 Å². The van der Waals surface area contributed by atoms with Crippen molar-refractivity contribution in [3.63, 3.8) is 0 Å². The van der Waals surface area contributed by atoms with Crippen LogP contribution >= 0.6 is 0 Å². The van der Waals surface area contributed by atoms with E-state index in [1.807, 2.05) is 6.07 Å². The fourth-order valence-electron chi connectivity index (χ4n) is 3.12. The highest BCUT2D eigenvalue weighted by Crippen LogP contribution is 2.11. The molecule has 3 nitrogen and oxygen atoms in total. The molecule has 0 aliphatic rings. The number of benzene rings is 1. The van der Waals surface area contributed by atoms with E-state index < -0.39 is 0 Å². The molecule has 0 spiro atoms. The van der Waals surface area contributed by atoms with Gasteiger partial charge >= 0.3 is 5.97 Å². The Kier molecular flexibility index (Phi) is 15.5. The highest BCUT2D eigenvalue weighted by atomic mass is 16.5. The van der Waals surface area contributed by atoms with E-state index in [9.17, 15) is 9.59 Å². The quantitative estimate of drug-likeness (QED) is 0.132. The number of ether oxygens (including phenoxy) is 1. The van der Waals surface area contributed by atoms with Gasteiger partial charge in [0.1, 0.15) is 0 Å². The molecule has 0 radical (unpaired) electrons. The molecule has 0 aromatic heterocycles. The topological polar surface area (TPSA) is 43.4 Å². The Balaban J connectivity index is 1.90. The Morgan fingerprint density at radius 2 is 1.31 bits per heavy atom. The lowest BCUT2D eigenvalue weighted by atomic mass is 10.1. The Morgan fingerprint density at radius 3 is 1.93 bits per heavy atom. The summed E-state index contributed by atoms with van der Waals surface area (Å²) in [6.07, 6.45) is 16.0. The molecule has 160 valence electrons. The average molecular weight is 399 g/mol. The average Bonchev–Trinajstić information content (AvgIpc) is 2.75. The minimum absolute atomic E-state index is 0.171. The molecule has 0 aliphatic heterocycles. The molecule has 0 heterocycles. The van der Waals surface area contributed by atoms with E-state index in [2.05, 4.69) is 18.8 Å². The van der Waals surface area contributed by atoms with Crippen molar-refractivity contribution in [2.24, 2.45) is 0 Å². The lowest BCUT2D eigenvalue weighted by molar-refractivity contribution is -0.142. The van der Waals surface area contributed by atoms with Crippen molar-refractivity contribution in [1.82, 2.24) is 0 Å². The summed E-state index contributed by atoms with van der Waals surface area (Å²) < 4.78 is 5.04. The van der Waals surface area contributed by atoms with Crippen LogP contribution in [-0.2, 0) is 9.53 Å². The number of ketones is 1. The number of hydrogen-bond acceptors (Lipinski definition) is 3. The van der Waals surface area contributed by atoms with Gasteiger partial charge in [0.25, 0.3) is 0 Å². The first-order valence-electron chi connectivity index (χ1n) is 11.4. The highest BCUT2D eigenvalue weighted by molar-refractivity contribution is 5.97. The number of carbonyl (C=O) groups excluding carboxylic acids is 2. The van der Waals surface area contributed by atoms with Gasteiger partial charge < -0.3 is 4.74 Å². The van der Waals surface area contributed by atoms with Crippen LogP contribution in [0.3, 0.4) is 0 Å². The molecule has 0 saturated carbocycles. The SMILES string of the molecule is CCCCCCCCCCCCC#CCCCC(=O)OCC(=O)c1ccccc1. The molecule has 1 aromatic carbocycles. The van der Waals surface area contributed by atoms with Crippen LogP contribution in [0.2, 0.25) is 0 Å². The van der Waals surface area contributed by atoms with E-state index in [-0.39, 0.29) is 18.4 Å². The summed E-state index contributed by atoms with van der Waals surface area (Å²) in [7, 11) is 0. The highest BCUT2D eigenvalue weighted by Gasteiger charge is 2.08. The second-order valence-electron chi connectivity index (χ2n) is 7.59. The molecular weight excluding hydrogens is 360 g/mol. The van der Waals surface area contributed by atoms with Gasteiger partial charge in [0.2, 0.25) is 0 Å². The van der Waals surface area contributed by atoms with Gasteiger partial charge in [0.15, 0.2) is 12.4 Å². The molecule has 0 atom stereocenters. The Morgan fingerprint density at radius 1 is 0.759 bits per heavy atom. The number of Topliss-reactive ketones (excluding diaryl/α,β-unsaturated/α-hetero) is 1. The van der Waals surface area contributed by atoms with E-state index in [4.69, 9.17) is 4.74 Å². The van der Waals surface area contributed by atoms with Crippen molar-refractivity contribution in [1.29, 1.82) is 0 Å². The Bertz CT molecular complexity index is 610. The van der Waals surface area contributed by atoms with E-state index >= 15 is 0 Å². The summed E-state index contributed by atoms with van der Waals surface area (Å²) >= 11 is 0. The van der Waals surface area contributed by atoms with Crippen LogP contribution in [0.5, 0.6) is 0 Å². The molecule has 29 heavy (non-hydrogen) atoms. The second-order valence-corrected chi connectivity index (χ2v) is 7.59. The summed E-state index contributed by atoms with van der Waals surface area (Å²) in [6, 6.07) is 8.88. The zero-order chi connectivity index (χ0) is 21.0. The second kappa shape index (κ2) is 18.0. The molecule has 0 aliphatic carbocycles. The van der Waals surface area contributed by atoms with E-state index in [0.29, 0.717) is 24.8 Å². The van der Waals surface area contributed by atoms with E-state index in [1.165, 1.54) is 64.2 Å². The minimum Gasteiger partial charge on any atom is -0.457 e. The molecule has 0 N–H and O–H groups in total. The summed E-state index contributed by atoms with van der Waals surface area (Å²) in [5.74, 6) is 5.84. The van der Waals surface area contributed by atoms with Crippen LogP contribution < -0.4 is 0 Å². The molecule has 0 fully saturated rings. The molecule has 1 aromatic rings. The normalized spacial score (nSPS) is 10.2. The van der Waals surface area contributed by atoms with Gasteiger partial charge in [-0.15, -0.1) is 11.8 Å². The Labute approximate surface area is 177 Å².